The first kappa shape index (κ1) is 25.4. The van der Waals surface area contributed by atoms with Crippen molar-refractivity contribution >= 4 is 11.8 Å². The van der Waals surface area contributed by atoms with Crippen molar-refractivity contribution in [2.45, 2.75) is 66.5 Å². The number of ether oxygens (including phenoxy) is 1. The van der Waals surface area contributed by atoms with Crippen LogP contribution >= 0.6 is 0 Å². The van der Waals surface area contributed by atoms with Crippen LogP contribution in [0.3, 0.4) is 0 Å². The van der Waals surface area contributed by atoms with E-state index in [9.17, 15) is 9.59 Å². The van der Waals surface area contributed by atoms with Gasteiger partial charge in [0.15, 0.2) is 0 Å². The zero-order chi connectivity index (χ0) is 23.5. The van der Waals surface area contributed by atoms with E-state index in [-0.39, 0.29) is 11.8 Å². The average molecular weight is 439 g/mol. The van der Waals surface area contributed by atoms with E-state index in [0.717, 1.165) is 16.9 Å². The number of carbonyl (C=O) groups is 2. The summed E-state index contributed by atoms with van der Waals surface area (Å²) >= 11 is 0. The second-order valence-electron chi connectivity index (χ2n) is 8.84. The van der Waals surface area contributed by atoms with Crippen molar-refractivity contribution in [1.82, 2.24) is 10.2 Å². The minimum atomic E-state index is -0.486. The van der Waals surface area contributed by atoms with Crippen molar-refractivity contribution in [1.29, 1.82) is 0 Å². The molecule has 1 atom stereocenters. The maximum atomic E-state index is 13.2. The fourth-order valence-corrected chi connectivity index (χ4v) is 3.54. The molecule has 0 fully saturated rings. The first-order chi connectivity index (χ1) is 15.3. The molecule has 174 valence electrons. The molecule has 2 aromatic rings. The van der Waals surface area contributed by atoms with E-state index >= 15 is 0 Å². The van der Waals surface area contributed by atoms with Crippen LogP contribution in [0.2, 0.25) is 0 Å². The quantitative estimate of drug-likeness (QED) is 0.472. The molecule has 0 saturated carbocycles. The van der Waals surface area contributed by atoms with Gasteiger partial charge >= 0.3 is 0 Å². The van der Waals surface area contributed by atoms with Crippen LogP contribution in [0.15, 0.2) is 48.5 Å². The molecule has 0 saturated heterocycles. The van der Waals surface area contributed by atoms with Gasteiger partial charge in [-0.05, 0) is 50.3 Å². The molecular weight excluding hydrogens is 400 g/mol. The Morgan fingerprint density at radius 1 is 1.03 bits per heavy atom. The molecule has 2 aromatic carbocycles. The summed E-state index contributed by atoms with van der Waals surface area (Å²) in [6.45, 7) is 11.6. The number of hydrogen-bond donors (Lipinski definition) is 1. The second kappa shape index (κ2) is 12.9. The monoisotopic (exact) mass is 438 g/mol. The number of aryl methyl sites for hydroxylation is 2. The fourth-order valence-electron chi connectivity index (χ4n) is 3.54. The zero-order valence-corrected chi connectivity index (χ0v) is 20.2. The van der Waals surface area contributed by atoms with Gasteiger partial charge in [-0.3, -0.25) is 9.59 Å². The second-order valence-corrected chi connectivity index (χ2v) is 8.84. The van der Waals surface area contributed by atoms with E-state index in [1.807, 2.05) is 63.2 Å². The largest absolute Gasteiger partial charge is 0.494 e. The summed E-state index contributed by atoms with van der Waals surface area (Å²) in [5.74, 6) is 1.05. The van der Waals surface area contributed by atoms with Crippen LogP contribution in [0.5, 0.6) is 5.75 Å². The molecule has 5 nitrogen and oxygen atoms in total. The van der Waals surface area contributed by atoms with E-state index in [4.69, 9.17) is 4.74 Å². The molecule has 2 amide bonds. The summed E-state index contributed by atoms with van der Waals surface area (Å²) in [6, 6.07) is 15.5. The number of hydrogen-bond acceptors (Lipinski definition) is 3. The summed E-state index contributed by atoms with van der Waals surface area (Å²) in [4.78, 5) is 27.8. The van der Waals surface area contributed by atoms with Gasteiger partial charge in [0.05, 0.1) is 6.61 Å². The summed E-state index contributed by atoms with van der Waals surface area (Å²) in [6.07, 6.45) is 1.51. The van der Waals surface area contributed by atoms with Crippen molar-refractivity contribution in [3.05, 3.63) is 65.2 Å². The number of rotatable bonds is 12. The maximum Gasteiger partial charge on any atom is 0.242 e. The number of nitrogens with zero attached hydrogens (tertiary/aromatic N) is 1. The van der Waals surface area contributed by atoms with Gasteiger partial charge in [0.25, 0.3) is 0 Å². The van der Waals surface area contributed by atoms with E-state index in [2.05, 4.69) is 25.2 Å². The highest BCUT2D eigenvalue weighted by Gasteiger charge is 2.28. The Morgan fingerprint density at radius 2 is 1.75 bits per heavy atom. The van der Waals surface area contributed by atoms with Gasteiger partial charge in [0, 0.05) is 19.5 Å². The highest BCUT2D eigenvalue weighted by molar-refractivity contribution is 5.87. The van der Waals surface area contributed by atoms with Crippen LogP contribution in [-0.2, 0) is 16.1 Å². The molecule has 5 heteroatoms. The summed E-state index contributed by atoms with van der Waals surface area (Å²) in [5, 5.41) is 3.00. The van der Waals surface area contributed by atoms with Gasteiger partial charge in [0.2, 0.25) is 11.8 Å². The van der Waals surface area contributed by atoms with Crippen LogP contribution < -0.4 is 10.1 Å². The summed E-state index contributed by atoms with van der Waals surface area (Å²) in [7, 11) is 0. The molecule has 0 bridgehead atoms. The molecule has 0 radical (unpaired) electrons. The van der Waals surface area contributed by atoms with E-state index in [1.165, 1.54) is 5.56 Å². The Balaban J connectivity index is 2.04. The van der Waals surface area contributed by atoms with Gasteiger partial charge in [-0.15, -0.1) is 0 Å². The van der Waals surface area contributed by atoms with Gasteiger partial charge in [-0.2, -0.15) is 0 Å². The molecule has 0 aliphatic carbocycles. The lowest BCUT2D eigenvalue weighted by Gasteiger charge is -2.31. The third kappa shape index (κ3) is 8.37. The van der Waals surface area contributed by atoms with E-state index in [1.54, 1.807) is 4.90 Å². The highest BCUT2D eigenvalue weighted by atomic mass is 16.5. The SMILES string of the molecule is CC[C@H](C(=O)NCC(C)C)N(Cc1cccc(C)c1)C(=O)CCCOc1ccc(C)cc1. The Labute approximate surface area is 193 Å². The summed E-state index contributed by atoms with van der Waals surface area (Å²) < 4.78 is 5.77. The Kier molecular flexibility index (Phi) is 10.3. The number of amides is 2. The minimum Gasteiger partial charge on any atom is -0.494 e. The lowest BCUT2D eigenvalue weighted by Crippen LogP contribution is -2.49. The smallest absolute Gasteiger partial charge is 0.242 e. The molecular formula is C27H38N2O3. The van der Waals surface area contributed by atoms with E-state index in [0.29, 0.717) is 44.9 Å². The lowest BCUT2D eigenvalue weighted by molar-refractivity contribution is -0.141. The molecule has 32 heavy (non-hydrogen) atoms. The molecule has 0 spiro atoms. The minimum absolute atomic E-state index is 0.0226. The summed E-state index contributed by atoms with van der Waals surface area (Å²) in [5.41, 5.74) is 3.35. The van der Waals surface area contributed by atoms with Crippen LogP contribution in [-0.4, -0.2) is 35.9 Å². The molecule has 1 N–H and O–H groups in total. The van der Waals surface area contributed by atoms with E-state index < -0.39 is 6.04 Å². The third-order valence-corrected chi connectivity index (χ3v) is 5.33. The molecule has 0 aliphatic heterocycles. The van der Waals surface area contributed by atoms with Gasteiger partial charge in [-0.25, -0.2) is 0 Å². The molecule has 0 heterocycles. The van der Waals surface area contributed by atoms with Gasteiger partial charge < -0.3 is 15.0 Å². The number of benzene rings is 2. The van der Waals surface area contributed by atoms with Crippen LogP contribution in [0.25, 0.3) is 0 Å². The van der Waals surface area contributed by atoms with Crippen LogP contribution in [0.4, 0.5) is 0 Å². The fraction of sp³-hybridized carbons (Fsp3) is 0.481. The number of carbonyl (C=O) groups excluding carboxylic acids is 2. The Bertz CT molecular complexity index is 861. The molecule has 0 aliphatic rings. The standard InChI is InChI=1S/C27H38N2O3/c1-6-25(27(31)28-18-20(2)3)29(19-23-10-7-9-22(5)17-23)26(30)11-8-16-32-24-14-12-21(4)13-15-24/h7,9-10,12-15,17,20,25H,6,8,11,16,18-19H2,1-5H3,(H,28,31)/t25-/m1/s1. The van der Waals surface area contributed by atoms with Crippen molar-refractivity contribution < 1.29 is 14.3 Å². The maximum absolute atomic E-state index is 13.2. The van der Waals surface area contributed by atoms with Crippen molar-refractivity contribution in [3.8, 4) is 5.75 Å². The van der Waals surface area contributed by atoms with Gasteiger partial charge in [-0.1, -0.05) is 68.3 Å². The van der Waals surface area contributed by atoms with Crippen LogP contribution in [0.1, 0.15) is 56.7 Å². The first-order valence-corrected chi connectivity index (χ1v) is 11.6. The Morgan fingerprint density at radius 3 is 2.38 bits per heavy atom. The first-order valence-electron chi connectivity index (χ1n) is 11.6. The van der Waals surface area contributed by atoms with Crippen molar-refractivity contribution in [2.75, 3.05) is 13.2 Å². The topological polar surface area (TPSA) is 58.6 Å². The zero-order valence-electron chi connectivity index (χ0n) is 20.2. The predicted molar refractivity (Wildman–Crippen MR) is 130 cm³/mol. The average Bonchev–Trinajstić information content (AvgIpc) is 2.76. The predicted octanol–water partition coefficient (Wildman–Crippen LogP) is 5.04. The highest BCUT2D eigenvalue weighted by Crippen LogP contribution is 2.16. The van der Waals surface area contributed by atoms with Crippen molar-refractivity contribution in [2.24, 2.45) is 5.92 Å². The van der Waals surface area contributed by atoms with Crippen LogP contribution in [0, 0.1) is 19.8 Å². The van der Waals surface area contributed by atoms with Gasteiger partial charge in [0.1, 0.15) is 11.8 Å². The normalized spacial score (nSPS) is 11.8. The molecule has 2 rings (SSSR count). The van der Waals surface area contributed by atoms with Crippen molar-refractivity contribution in [3.63, 3.8) is 0 Å². The molecule has 0 aromatic heterocycles. The lowest BCUT2D eigenvalue weighted by atomic mass is 10.1. The molecule has 0 unspecified atom stereocenters. The number of nitrogens with one attached hydrogen (secondary N) is 1. The third-order valence-electron chi connectivity index (χ3n) is 5.33. The Hall–Kier alpha value is -2.82.